The number of carbonyl (C=O) groups is 1. The maximum atomic E-state index is 13.7. The molecule has 1 aliphatic rings. The van der Waals surface area contributed by atoms with Gasteiger partial charge in [0.1, 0.15) is 17.4 Å². The molecule has 5 heteroatoms. The van der Waals surface area contributed by atoms with Gasteiger partial charge in [-0.25, -0.2) is 8.78 Å². The van der Waals surface area contributed by atoms with E-state index in [1.54, 1.807) is 29.2 Å². The molecular formula is C19H19F2NO2. The van der Waals surface area contributed by atoms with E-state index in [4.69, 9.17) is 4.74 Å². The Kier molecular flexibility index (Phi) is 5.08. The second-order valence-corrected chi connectivity index (χ2v) is 5.98. The Hall–Kier alpha value is -2.43. The van der Waals surface area contributed by atoms with Crippen LogP contribution < -0.4 is 4.74 Å². The molecule has 1 amide bonds. The molecule has 0 aromatic heterocycles. The van der Waals surface area contributed by atoms with Gasteiger partial charge in [0.05, 0.1) is 12.2 Å². The number of carbonyl (C=O) groups excluding carboxylic acids is 1. The van der Waals surface area contributed by atoms with Crippen molar-refractivity contribution in [3.63, 3.8) is 0 Å². The summed E-state index contributed by atoms with van der Waals surface area (Å²) in [4.78, 5) is 14.1. The van der Waals surface area contributed by atoms with Crippen LogP contribution >= 0.6 is 0 Å². The molecule has 24 heavy (non-hydrogen) atoms. The normalized spacial score (nSPS) is 17.1. The monoisotopic (exact) mass is 331 g/mol. The smallest absolute Gasteiger partial charge is 0.256 e. The van der Waals surface area contributed by atoms with Crippen molar-refractivity contribution in [2.75, 3.05) is 19.7 Å². The molecule has 1 unspecified atom stereocenters. The predicted molar refractivity (Wildman–Crippen MR) is 86.9 cm³/mol. The summed E-state index contributed by atoms with van der Waals surface area (Å²) in [5.74, 6) is -0.0593. The van der Waals surface area contributed by atoms with E-state index in [1.165, 1.54) is 24.3 Å². The van der Waals surface area contributed by atoms with E-state index in [2.05, 4.69) is 0 Å². The number of hydrogen-bond donors (Lipinski definition) is 0. The Balaban J connectivity index is 1.48. The zero-order valence-electron chi connectivity index (χ0n) is 13.3. The standard InChI is InChI=1S/C19H19F2NO2/c20-15-5-7-16(8-6-15)24-12-10-14-9-11-22(13-14)19(23)17-3-1-2-4-18(17)21/h1-8,14H,9-13H2. The highest BCUT2D eigenvalue weighted by Crippen LogP contribution is 2.23. The quantitative estimate of drug-likeness (QED) is 0.832. The van der Waals surface area contributed by atoms with Crippen molar-refractivity contribution in [1.29, 1.82) is 0 Å². The van der Waals surface area contributed by atoms with Gasteiger partial charge in [-0.15, -0.1) is 0 Å². The van der Waals surface area contributed by atoms with Crippen LogP contribution in [0.15, 0.2) is 48.5 Å². The zero-order chi connectivity index (χ0) is 16.9. The van der Waals surface area contributed by atoms with Gasteiger partial charge in [-0.3, -0.25) is 4.79 Å². The minimum Gasteiger partial charge on any atom is -0.494 e. The third-order valence-electron chi connectivity index (χ3n) is 4.29. The van der Waals surface area contributed by atoms with Gasteiger partial charge >= 0.3 is 0 Å². The fraction of sp³-hybridized carbons (Fsp3) is 0.316. The molecule has 0 saturated carbocycles. The summed E-state index contributed by atoms with van der Waals surface area (Å²) in [5, 5.41) is 0. The Morgan fingerprint density at radius 3 is 2.62 bits per heavy atom. The summed E-state index contributed by atoms with van der Waals surface area (Å²) >= 11 is 0. The molecule has 1 fully saturated rings. The molecule has 1 heterocycles. The van der Waals surface area contributed by atoms with Crippen molar-refractivity contribution in [2.45, 2.75) is 12.8 Å². The average Bonchev–Trinajstić information content (AvgIpc) is 3.05. The van der Waals surface area contributed by atoms with E-state index in [0.29, 0.717) is 31.4 Å². The highest BCUT2D eigenvalue weighted by atomic mass is 19.1. The molecule has 3 nitrogen and oxygen atoms in total. The van der Waals surface area contributed by atoms with Crippen molar-refractivity contribution in [3.05, 3.63) is 65.7 Å². The lowest BCUT2D eigenvalue weighted by Gasteiger charge is -2.17. The van der Waals surface area contributed by atoms with Crippen LogP contribution in [-0.4, -0.2) is 30.5 Å². The first kappa shape index (κ1) is 16.4. The highest BCUT2D eigenvalue weighted by Gasteiger charge is 2.28. The van der Waals surface area contributed by atoms with E-state index in [1.807, 2.05) is 0 Å². The minimum absolute atomic E-state index is 0.126. The first-order valence-corrected chi connectivity index (χ1v) is 8.05. The number of amides is 1. The lowest BCUT2D eigenvalue weighted by molar-refractivity contribution is 0.0780. The molecule has 3 rings (SSSR count). The summed E-state index contributed by atoms with van der Waals surface area (Å²) in [6.07, 6.45) is 1.69. The van der Waals surface area contributed by atoms with Gasteiger partial charge in [0.25, 0.3) is 5.91 Å². The van der Waals surface area contributed by atoms with Crippen molar-refractivity contribution in [2.24, 2.45) is 5.92 Å². The van der Waals surface area contributed by atoms with E-state index >= 15 is 0 Å². The van der Waals surface area contributed by atoms with Crippen LogP contribution in [0.1, 0.15) is 23.2 Å². The third kappa shape index (κ3) is 3.91. The fourth-order valence-corrected chi connectivity index (χ4v) is 2.93. The molecule has 0 spiro atoms. The molecule has 0 aliphatic carbocycles. The summed E-state index contributed by atoms with van der Waals surface area (Å²) < 4.78 is 32.1. The van der Waals surface area contributed by atoms with Gasteiger partial charge < -0.3 is 9.64 Å². The lowest BCUT2D eigenvalue weighted by atomic mass is 10.1. The Bertz CT molecular complexity index is 703. The number of halogens is 2. The van der Waals surface area contributed by atoms with Gasteiger partial charge in [0.15, 0.2) is 0 Å². The topological polar surface area (TPSA) is 29.5 Å². The summed E-state index contributed by atoms with van der Waals surface area (Å²) in [5.41, 5.74) is 0.126. The molecule has 1 aliphatic heterocycles. The second-order valence-electron chi connectivity index (χ2n) is 5.98. The number of hydrogen-bond acceptors (Lipinski definition) is 2. The first-order chi connectivity index (χ1) is 11.6. The average molecular weight is 331 g/mol. The van der Waals surface area contributed by atoms with E-state index in [9.17, 15) is 13.6 Å². The summed E-state index contributed by atoms with van der Waals surface area (Å²) in [6.45, 7) is 1.76. The molecule has 2 aromatic rings. The van der Waals surface area contributed by atoms with Crippen LogP contribution in [0.2, 0.25) is 0 Å². The lowest BCUT2D eigenvalue weighted by Crippen LogP contribution is -2.29. The Morgan fingerprint density at radius 2 is 1.88 bits per heavy atom. The Morgan fingerprint density at radius 1 is 1.12 bits per heavy atom. The minimum atomic E-state index is -0.481. The second kappa shape index (κ2) is 7.43. The molecule has 1 atom stereocenters. The number of nitrogens with zero attached hydrogens (tertiary/aromatic N) is 1. The molecular weight excluding hydrogens is 312 g/mol. The molecule has 126 valence electrons. The van der Waals surface area contributed by atoms with Crippen LogP contribution in [0.4, 0.5) is 8.78 Å². The Labute approximate surface area is 139 Å². The number of rotatable bonds is 5. The third-order valence-corrected chi connectivity index (χ3v) is 4.29. The highest BCUT2D eigenvalue weighted by molar-refractivity contribution is 5.94. The number of ether oxygens (including phenoxy) is 1. The number of likely N-dealkylation sites (tertiary alicyclic amines) is 1. The number of benzene rings is 2. The van der Waals surface area contributed by atoms with Crippen molar-refractivity contribution < 1.29 is 18.3 Å². The molecule has 1 saturated heterocycles. The van der Waals surface area contributed by atoms with Gasteiger partial charge in [0.2, 0.25) is 0 Å². The van der Waals surface area contributed by atoms with E-state index in [0.717, 1.165) is 12.8 Å². The van der Waals surface area contributed by atoms with Crippen LogP contribution in [-0.2, 0) is 0 Å². The van der Waals surface area contributed by atoms with Crippen molar-refractivity contribution in [1.82, 2.24) is 4.90 Å². The predicted octanol–water partition coefficient (Wildman–Crippen LogP) is 3.90. The van der Waals surface area contributed by atoms with Gasteiger partial charge in [-0.05, 0) is 55.2 Å². The summed E-state index contributed by atoms with van der Waals surface area (Å²) in [7, 11) is 0. The first-order valence-electron chi connectivity index (χ1n) is 8.05. The molecule has 0 N–H and O–H groups in total. The van der Waals surface area contributed by atoms with Crippen molar-refractivity contribution in [3.8, 4) is 5.75 Å². The maximum Gasteiger partial charge on any atom is 0.256 e. The van der Waals surface area contributed by atoms with E-state index in [-0.39, 0.29) is 17.3 Å². The van der Waals surface area contributed by atoms with Crippen LogP contribution in [0.3, 0.4) is 0 Å². The van der Waals surface area contributed by atoms with Gasteiger partial charge in [-0.2, -0.15) is 0 Å². The molecule has 0 bridgehead atoms. The maximum absolute atomic E-state index is 13.7. The van der Waals surface area contributed by atoms with Crippen molar-refractivity contribution >= 4 is 5.91 Å². The van der Waals surface area contributed by atoms with Crippen LogP contribution in [0, 0.1) is 17.6 Å². The van der Waals surface area contributed by atoms with Gasteiger partial charge in [-0.1, -0.05) is 12.1 Å². The molecule has 2 aromatic carbocycles. The SMILES string of the molecule is O=C(c1ccccc1F)N1CCC(CCOc2ccc(F)cc2)C1. The summed E-state index contributed by atoms with van der Waals surface area (Å²) in [6, 6.07) is 12.0. The van der Waals surface area contributed by atoms with Gasteiger partial charge in [0, 0.05) is 13.1 Å². The molecule has 0 radical (unpaired) electrons. The zero-order valence-corrected chi connectivity index (χ0v) is 13.3. The van der Waals surface area contributed by atoms with E-state index < -0.39 is 5.82 Å². The fourth-order valence-electron chi connectivity index (χ4n) is 2.93. The largest absolute Gasteiger partial charge is 0.494 e. The van der Waals surface area contributed by atoms with Crippen LogP contribution in [0.5, 0.6) is 5.75 Å². The van der Waals surface area contributed by atoms with Crippen LogP contribution in [0.25, 0.3) is 0 Å².